The number of pyridine rings is 2. The van der Waals surface area contributed by atoms with Crippen LogP contribution in [0.1, 0.15) is 35.0 Å². The first-order valence-corrected chi connectivity index (χ1v) is 13.0. The standard InChI is InChI=1S/C30H26F4N4O5/c1-28(13-23(35)39)15-43-26-20(28)12-22(38-25(26)16-5-7-19(31)8-6-16)29(41,30(32,33)34)14-37-27(40)18-10-17-4-3-9-36-24(17)21(11-18)42-2/h3-12,41H,13-15H2,1-2H3,(H2,35,39)(H,37,40)/t28-,29?/m0/s1. The van der Waals surface area contributed by atoms with Crippen molar-refractivity contribution in [3.8, 4) is 22.8 Å². The molecule has 3 heterocycles. The normalized spacial score (nSPS) is 17.6. The van der Waals surface area contributed by atoms with Crippen molar-refractivity contribution in [3.05, 3.63) is 83.4 Å². The maximum atomic E-state index is 14.7. The summed E-state index contributed by atoms with van der Waals surface area (Å²) >= 11 is 0. The average molecular weight is 599 g/mol. The Morgan fingerprint density at radius 1 is 1.16 bits per heavy atom. The molecule has 0 spiro atoms. The number of hydrogen-bond donors (Lipinski definition) is 3. The van der Waals surface area contributed by atoms with Gasteiger partial charge in [-0.05, 0) is 48.5 Å². The van der Waals surface area contributed by atoms with Gasteiger partial charge >= 0.3 is 6.18 Å². The van der Waals surface area contributed by atoms with Crippen molar-refractivity contribution < 1.29 is 41.7 Å². The fourth-order valence-electron chi connectivity index (χ4n) is 5.07. The number of halogens is 4. The van der Waals surface area contributed by atoms with E-state index in [4.69, 9.17) is 15.2 Å². The highest BCUT2D eigenvalue weighted by atomic mass is 19.4. The number of nitrogens with two attached hydrogens (primary N) is 1. The lowest BCUT2D eigenvalue weighted by molar-refractivity contribution is -0.265. The number of hydrogen-bond acceptors (Lipinski definition) is 7. The van der Waals surface area contributed by atoms with E-state index < -0.39 is 47.1 Å². The van der Waals surface area contributed by atoms with Crippen LogP contribution in [0, 0.1) is 5.82 Å². The van der Waals surface area contributed by atoms with E-state index in [0.717, 1.165) is 18.2 Å². The number of carbonyl (C=O) groups excluding carboxylic acids is 2. The van der Waals surface area contributed by atoms with Gasteiger partial charge in [0.15, 0.2) is 0 Å². The van der Waals surface area contributed by atoms with Crippen molar-refractivity contribution in [1.82, 2.24) is 15.3 Å². The highest BCUT2D eigenvalue weighted by molar-refractivity contribution is 5.99. The van der Waals surface area contributed by atoms with Crippen LogP contribution in [0.4, 0.5) is 17.6 Å². The zero-order valence-corrected chi connectivity index (χ0v) is 23.0. The molecule has 5 rings (SSSR count). The monoisotopic (exact) mass is 598 g/mol. The molecule has 9 nitrogen and oxygen atoms in total. The number of aliphatic hydroxyl groups is 1. The fraction of sp³-hybridized carbons (Fsp3) is 0.267. The molecule has 2 aromatic heterocycles. The SMILES string of the molecule is COc1cc(C(=O)NCC(O)(c2cc3c(c(-c4ccc(F)cc4)n2)OC[C@]3(C)CC(N)=O)C(F)(F)F)cc2cccnc12. The molecule has 0 aliphatic carbocycles. The molecule has 0 saturated carbocycles. The zero-order chi connectivity index (χ0) is 31.2. The Hall–Kier alpha value is -4.78. The largest absolute Gasteiger partial charge is 0.494 e. The van der Waals surface area contributed by atoms with Crippen LogP contribution in [0.5, 0.6) is 11.5 Å². The van der Waals surface area contributed by atoms with Crippen LogP contribution in [-0.2, 0) is 15.8 Å². The first-order valence-electron chi connectivity index (χ1n) is 13.0. The zero-order valence-electron chi connectivity index (χ0n) is 23.0. The number of fused-ring (bicyclic) bond motifs is 2. The number of nitrogens with one attached hydrogen (secondary N) is 1. The Morgan fingerprint density at radius 3 is 2.53 bits per heavy atom. The third-order valence-electron chi connectivity index (χ3n) is 7.39. The third-order valence-corrected chi connectivity index (χ3v) is 7.39. The Bertz CT molecular complexity index is 1730. The van der Waals surface area contributed by atoms with Crippen LogP contribution in [0.2, 0.25) is 0 Å². The molecule has 1 unspecified atom stereocenters. The van der Waals surface area contributed by atoms with Gasteiger partial charge in [-0.3, -0.25) is 14.6 Å². The molecule has 43 heavy (non-hydrogen) atoms. The highest BCUT2D eigenvalue weighted by Crippen LogP contribution is 2.48. The minimum Gasteiger partial charge on any atom is -0.494 e. The van der Waals surface area contributed by atoms with Gasteiger partial charge < -0.3 is 25.6 Å². The predicted octanol–water partition coefficient (Wildman–Crippen LogP) is 4.15. The summed E-state index contributed by atoms with van der Waals surface area (Å²) in [4.78, 5) is 33.3. The van der Waals surface area contributed by atoms with E-state index in [-0.39, 0.29) is 46.9 Å². The van der Waals surface area contributed by atoms with Crippen LogP contribution in [-0.4, -0.2) is 53.3 Å². The van der Waals surface area contributed by atoms with Crippen molar-refractivity contribution in [2.45, 2.75) is 30.5 Å². The molecule has 1 aliphatic heterocycles. The molecule has 0 bridgehead atoms. The minimum atomic E-state index is -5.33. The Morgan fingerprint density at radius 2 is 1.88 bits per heavy atom. The van der Waals surface area contributed by atoms with Crippen LogP contribution >= 0.6 is 0 Å². The molecule has 224 valence electrons. The summed E-state index contributed by atoms with van der Waals surface area (Å²) in [7, 11) is 1.36. The van der Waals surface area contributed by atoms with Crippen LogP contribution < -0.4 is 20.5 Å². The molecule has 0 radical (unpaired) electrons. The summed E-state index contributed by atoms with van der Waals surface area (Å²) in [6.45, 7) is 0.160. The number of alkyl halides is 3. The number of aromatic nitrogens is 2. The van der Waals surface area contributed by atoms with E-state index in [0.29, 0.717) is 10.9 Å². The topological polar surface area (TPSA) is 137 Å². The average Bonchev–Trinajstić information content (AvgIpc) is 3.29. The summed E-state index contributed by atoms with van der Waals surface area (Å²) in [5, 5.41) is 13.9. The number of benzene rings is 2. The Kier molecular flexibility index (Phi) is 7.46. The maximum absolute atomic E-state index is 14.7. The molecule has 0 fully saturated rings. The summed E-state index contributed by atoms with van der Waals surface area (Å²) in [6.07, 6.45) is -4.07. The fourth-order valence-corrected chi connectivity index (χ4v) is 5.07. The number of primary amides is 1. The molecule has 4 aromatic rings. The third kappa shape index (κ3) is 5.43. The molecule has 2 amide bonds. The number of ether oxygens (including phenoxy) is 2. The lowest BCUT2D eigenvalue weighted by Gasteiger charge is -2.31. The van der Waals surface area contributed by atoms with Crippen LogP contribution in [0.25, 0.3) is 22.2 Å². The predicted molar refractivity (Wildman–Crippen MR) is 147 cm³/mol. The van der Waals surface area contributed by atoms with Gasteiger partial charge in [0, 0.05) is 40.1 Å². The quantitative estimate of drug-likeness (QED) is 0.259. The number of rotatable bonds is 8. The van der Waals surface area contributed by atoms with Gasteiger partial charge in [-0.25, -0.2) is 9.37 Å². The van der Waals surface area contributed by atoms with Crippen molar-refractivity contribution >= 4 is 22.7 Å². The van der Waals surface area contributed by atoms with E-state index in [9.17, 15) is 32.3 Å². The first kappa shape index (κ1) is 29.7. The van der Waals surface area contributed by atoms with E-state index in [2.05, 4.69) is 15.3 Å². The van der Waals surface area contributed by atoms with Crippen LogP contribution in [0.15, 0.2) is 60.8 Å². The van der Waals surface area contributed by atoms with Gasteiger partial charge in [0.25, 0.3) is 5.91 Å². The second kappa shape index (κ2) is 10.8. The van der Waals surface area contributed by atoms with Gasteiger partial charge in [-0.1, -0.05) is 13.0 Å². The van der Waals surface area contributed by atoms with E-state index in [1.807, 2.05) is 0 Å². The van der Waals surface area contributed by atoms with Gasteiger partial charge in [0.2, 0.25) is 11.5 Å². The van der Waals surface area contributed by atoms with Gasteiger partial charge in [-0.2, -0.15) is 13.2 Å². The molecular weight excluding hydrogens is 572 g/mol. The molecule has 13 heteroatoms. The van der Waals surface area contributed by atoms with E-state index in [1.165, 1.54) is 37.6 Å². The minimum absolute atomic E-state index is 0.0294. The van der Waals surface area contributed by atoms with Crippen molar-refractivity contribution in [1.29, 1.82) is 0 Å². The smallest absolute Gasteiger partial charge is 0.424 e. The van der Waals surface area contributed by atoms with Gasteiger partial charge in [0.1, 0.15) is 28.5 Å². The number of amides is 2. The molecular formula is C30H26F4N4O5. The highest BCUT2D eigenvalue weighted by Gasteiger charge is 2.57. The van der Waals surface area contributed by atoms with Crippen molar-refractivity contribution in [3.63, 3.8) is 0 Å². The Balaban J connectivity index is 1.59. The number of nitrogens with zero attached hydrogens (tertiary/aromatic N) is 2. The summed E-state index contributed by atoms with van der Waals surface area (Å²) in [5.74, 6) is -1.93. The Labute approximate surface area is 242 Å². The van der Waals surface area contributed by atoms with Crippen molar-refractivity contribution in [2.24, 2.45) is 5.73 Å². The summed E-state index contributed by atoms with van der Waals surface area (Å²) in [6, 6.07) is 11.8. The second-order valence-electron chi connectivity index (χ2n) is 10.5. The lowest BCUT2D eigenvalue weighted by Crippen LogP contribution is -2.51. The maximum Gasteiger partial charge on any atom is 0.424 e. The van der Waals surface area contributed by atoms with Gasteiger partial charge in [-0.15, -0.1) is 0 Å². The number of methoxy groups -OCH3 is 1. The summed E-state index contributed by atoms with van der Waals surface area (Å²) in [5.41, 5.74) is 0.381. The van der Waals surface area contributed by atoms with Crippen LogP contribution in [0.3, 0.4) is 0 Å². The van der Waals surface area contributed by atoms with E-state index in [1.54, 1.807) is 19.1 Å². The molecule has 1 aliphatic rings. The second-order valence-corrected chi connectivity index (χ2v) is 10.5. The van der Waals surface area contributed by atoms with Gasteiger partial charge in [0.05, 0.1) is 26.0 Å². The van der Waals surface area contributed by atoms with E-state index >= 15 is 0 Å². The molecule has 4 N–H and O–H groups in total. The summed E-state index contributed by atoms with van der Waals surface area (Å²) < 4.78 is 68.8. The molecule has 2 atom stereocenters. The lowest BCUT2D eigenvalue weighted by atomic mass is 9.79. The molecule has 2 aromatic carbocycles. The van der Waals surface area contributed by atoms with Crippen molar-refractivity contribution in [2.75, 3.05) is 20.3 Å². The first-order chi connectivity index (χ1) is 20.3. The molecule has 0 saturated heterocycles. The number of carbonyl (C=O) groups is 2.